The van der Waals surface area contributed by atoms with Gasteiger partial charge in [-0.25, -0.2) is 0 Å². The third-order valence-corrected chi connectivity index (χ3v) is 1.39. The molecule has 1 amide bonds. The van der Waals surface area contributed by atoms with E-state index in [9.17, 15) is 4.79 Å². The van der Waals surface area contributed by atoms with Gasteiger partial charge in [-0.3, -0.25) is 10.5 Å². The van der Waals surface area contributed by atoms with Crippen LogP contribution in [0.5, 0.6) is 0 Å². The summed E-state index contributed by atoms with van der Waals surface area (Å²) in [4.78, 5) is 12.2. The molecule has 0 fully saturated rings. The van der Waals surface area contributed by atoms with E-state index < -0.39 is 6.29 Å². The third-order valence-electron chi connectivity index (χ3n) is 1.39. The fraction of sp³-hybridized carbons (Fsp3) is 0.400. The Morgan fingerprint density at radius 3 is 2.90 bits per heavy atom. The fourth-order valence-corrected chi connectivity index (χ4v) is 0.681. The van der Waals surface area contributed by atoms with Crippen LogP contribution in [0.1, 0.15) is 0 Å². The molecule has 0 spiro atoms. The molecule has 0 aromatic heterocycles. The normalized spacial score (nSPS) is 25.8. The van der Waals surface area contributed by atoms with Crippen molar-refractivity contribution in [3.8, 4) is 0 Å². The largest absolute Gasteiger partial charge is 0.385 e. The van der Waals surface area contributed by atoms with Crippen molar-refractivity contribution in [1.82, 2.24) is 10.2 Å². The summed E-state index contributed by atoms with van der Waals surface area (Å²) in [5.74, 6) is 0.138. The molecular formula is C5H10N4O. The van der Waals surface area contributed by atoms with Gasteiger partial charge in [0.1, 0.15) is 5.82 Å². The highest BCUT2D eigenvalue weighted by molar-refractivity contribution is 5.88. The van der Waals surface area contributed by atoms with Crippen molar-refractivity contribution in [2.24, 2.45) is 11.5 Å². The molecular weight excluding hydrogens is 132 g/mol. The van der Waals surface area contributed by atoms with Crippen molar-refractivity contribution < 1.29 is 4.79 Å². The molecule has 1 rings (SSSR count). The molecule has 10 heavy (non-hydrogen) atoms. The number of carbonyl (C=O) groups excluding carboxylic acids is 1. The molecule has 0 aromatic rings. The average Bonchev–Trinajstić information content (AvgIpc) is 1.82. The van der Waals surface area contributed by atoms with Gasteiger partial charge in [-0.15, -0.1) is 0 Å². The quantitative estimate of drug-likeness (QED) is 0.368. The van der Waals surface area contributed by atoms with E-state index in [2.05, 4.69) is 5.32 Å². The van der Waals surface area contributed by atoms with E-state index in [1.54, 1.807) is 11.9 Å². The molecule has 0 aliphatic carbocycles. The molecule has 1 atom stereocenters. The lowest BCUT2D eigenvalue weighted by atomic mass is 10.4. The molecule has 0 bridgehead atoms. The highest BCUT2D eigenvalue weighted by Crippen LogP contribution is 1.99. The van der Waals surface area contributed by atoms with Gasteiger partial charge in [0, 0.05) is 13.1 Å². The molecule has 0 saturated carbocycles. The predicted octanol–water partition coefficient (Wildman–Crippen LogP) is -1.91. The van der Waals surface area contributed by atoms with Gasteiger partial charge in [-0.05, 0) is 0 Å². The molecule has 56 valence electrons. The van der Waals surface area contributed by atoms with Crippen LogP contribution in [-0.4, -0.2) is 24.1 Å². The molecule has 1 unspecified atom stereocenters. The fourth-order valence-electron chi connectivity index (χ4n) is 0.681. The minimum atomic E-state index is -0.502. The molecule has 5 heteroatoms. The average molecular weight is 142 g/mol. The minimum Gasteiger partial charge on any atom is -0.385 e. The summed E-state index contributed by atoms with van der Waals surface area (Å²) in [7, 11) is 1.70. The molecule has 0 saturated heterocycles. The van der Waals surface area contributed by atoms with Gasteiger partial charge in [-0.1, -0.05) is 0 Å². The summed E-state index contributed by atoms with van der Waals surface area (Å²) in [6, 6.07) is 0. The Kier molecular flexibility index (Phi) is 1.50. The van der Waals surface area contributed by atoms with Crippen LogP contribution in [-0.2, 0) is 4.79 Å². The summed E-state index contributed by atoms with van der Waals surface area (Å²) < 4.78 is 0. The van der Waals surface area contributed by atoms with E-state index in [-0.39, 0.29) is 5.91 Å². The van der Waals surface area contributed by atoms with Gasteiger partial charge in [-0.2, -0.15) is 0 Å². The summed E-state index contributed by atoms with van der Waals surface area (Å²) in [5.41, 5.74) is 10.8. The van der Waals surface area contributed by atoms with Crippen molar-refractivity contribution in [2.75, 3.05) is 7.05 Å². The highest BCUT2D eigenvalue weighted by atomic mass is 16.2. The van der Waals surface area contributed by atoms with Gasteiger partial charge in [0.05, 0.1) is 0 Å². The number of nitrogens with one attached hydrogen (secondary N) is 1. The molecule has 5 nitrogen and oxygen atoms in total. The second-order valence-electron chi connectivity index (χ2n) is 2.13. The second-order valence-corrected chi connectivity index (χ2v) is 2.13. The summed E-state index contributed by atoms with van der Waals surface area (Å²) in [6.45, 7) is 0. The molecule has 1 heterocycles. The molecule has 1 aliphatic heterocycles. The van der Waals surface area contributed by atoms with Gasteiger partial charge in [0.2, 0.25) is 5.91 Å². The number of hydrogen-bond acceptors (Lipinski definition) is 4. The van der Waals surface area contributed by atoms with Crippen molar-refractivity contribution in [3.63, 3.8) is 0 Å². The van der Waals surface area contributed by atoms with E-state index >= 15 is 0 Å². The smallest absolute Gasteiger partial charge is 0.250 e. The number of rotatable bonds is 0. The van der Waals surface area contributed by atoms with Crippen molar-refractivity contribution in [2.45, 2.75) is 6.29 Å². The van der Waals surface area contributed by atoms with Crippen molar-refractivity contribution >= 4 is 5.91 Å². The lowest BCUT2D eigenvalue weighted by Crippen LogP contribution is -2.56. The van der Waals surface area contributed by atoms with Gasteiger partial charge in [0.15, 0.2) is 6.29 Å². The van der Waals surface area contributed by atoms with E-state index in [0.29, 0.717) is 5.82 Å². The number of nitrogens with two attached hydrogens (primary N) is 2. The Morgan fingerprint density at radius 1 is 1.80 bits per heavy atom. The summed E-state index contributed by atoms with van der Waals surface area (Å²) in [5, 5.41) is 2.47. The first-order valence-corrected chi connectivity index (χ1v) is 2.87. The van der Waals surface area contributed by atoms with Crippen molar-refractivity contribution in [1.29, 1.82) is 0 Å². The topological polar surface area (TPSA) is 84.4 Å². The first-order chi connectivity index (χ1) is 4.61. The van der Waals surface area contributed by atoms with Crippen molar-refractivity contribution in [3.05, 3.63) is 11.9 Å². The lowest BCUT2D eigenvalue weighted by Gasteiger charge is -2.30. The maximum Gasteiger partial charge on any atom is 0.250 e. The minimum absolute atomic E-state index is 0.247. The maximum atomic E-state index is 10.7. The SMILES string of the molecule is CN1C(N)=CC(=O)NC1N. The third kappa shape index (κ3) is 1.03. The molecule has 1 aliphatic rings. The van der Waals surface area contributed by atoms with Crippen LogP contribution in [0.2, 0.25) is 0 Å². The van der Waals surface area contributed by atoms with E-state index in [0.717, 1.165) is 0 Å². The Bertz CT molecular complexity index is 188. The van der Waals surface area contributed by atoms with Crippen LogP contribution >= 0.6 is 0 Å². The summed E-state index contributed by atoms with van der Waals surface area (Å²) in [6.07, 6.45) is 0.793. The van der Waals surface area contributed by atoms with Crippen LogP contribution < -0.4 is 16.8 Å². The highest BCUT2D eigenvalue weighted by Gasteiger charge is 2.17. The zero-order valence-electron chi connectivity index (χ0n) is 5.66. The van der Waals surface area contributed by atoms with Crippen LogP contribution in [0.4, 0.5) is 0 Å². The van der Waals surface area contributed by atoms with Gasteiger partial charge >= 0.3 is 0 Å². The maximum absolute atomic E-state index is 10.7. The zero-order chi connectivity index (χ0) is 7.72. The van der Waals surface area contributed by atoms with Crippen LogP contribution in [0.15, 0.2) is 11.9 Å². The predicted molar refractivity (Wildman–Crippen MR) is 36.2 cm³/mol. The van der Waals surface area contributed by atoms with E-state index in [1.165, 1.54) is 6.08 Å². The zero-order valence-corrected chi connectivity index (χ0v) is 5.66. The number of nitrogens with zero attached hydrogens (tertiary/aromatic N) is 1. The summed E-state index contributed by atoms with van der Waals surface area (Å²) >= 11 is 0. The Morgan fingerprint density at radius 2 is 2.40 bits per heavy atom. The molecule has 0 aromatic carbocycles. The lowest BCUT2D eigenvalue weighted by molar-refractivity contribution is -0.119. The van der Waals surface area contributed by atoms with Crippen LogP contribution in [0, 0.1) is 0 Å². The Hall–Kier alpha value is -1.23. The van der Waals surface area contributed by atoms with Gasteiger partial charge in [0.25, 0.3) is 0 Å². The second kappa shape index (κ2) is 2.18. The van der Waals surface area contributed by atoms with Crippen LogP contribution in [0.3, 0.4) is 0 Å². The van der Waals surface area contributed by atoms with Gasteiger partial charge < -0.3 is 16.0 Å². The molecule has 5 N–H and O–H groups in total. The van der Waals surface area contributed by atoms with E-state index in [4.69, 9.17) is 11.5 Å². The van der Waals surface area contributed by atoms with Crippen LogP contribution in [0.25, 0.3) is 0 Å². The molecule has 0 radical (unpaired) electrons. The number of amides is 1. The standard InChI is InChI=1S/C5H10N4O/c1-9-3(6)2-4(10)8-5(9)7/h2,5H,6-7H2,1H3,(H,8,10). The monoisotopic (exact) mass is 142 g/mol. The van der Waals surface area contributed by atoms with E-state index in [1.807, 2.05) is 0 Å². The first-order valence-electron chi connectivity index (χ1n) is 2.87. The number of carbonyl (C=O) groups is 1. The Labute approximate surface area is 58.7 Å². The Balaban J connectivity index is 2.80. The number of hydrogen-bond donors (Lipinski definition) is 3. The first kappa shape index (κ1) is 6.88.